The summed E-state index contributed by atoms with van der Waals surface area (Å²) in [6.45, 7) is 1.72. The van der Waals surface area contributed by atoms with Gasteiger partial charge >= 0.3 is 5.97 Å². The molecule has 0 radical (unpaired) electrons. The van der Waals surface area contributed by atoms with E-state index in [1.54, 1.807) is 19.1 Å². The van der Waals surface area contributed by atoms with Crippen molar-refractivity contribution in [1.29, 1.82) is 0 Å². The van der Waals surface area contributed by atoms with Gasteiger partial charge in [0.05, 0.1) is 11.3 Å². The first-order chi connectivity index (χ1) is 10.9. The minimum atomic E-state index is -1.17. The number of carbonyl (C=O) groups excluding carboxylic acids is 1. The predicted octanol–water partition coefficient (Wildman–Crippen LogP) is 3.99. The number of nitrogens with one attached hydrogen (secondary N) is 1. The van der Waals surface area contributed by atoms with Gasteiger partial charge in [-0.3, -0.25) is 4.79 Å². The molecule has 2 N–H and O–H groups in total. The third-order valence-electron chi connectivity index (χ3n) is 3.37. The molecule has 0 aliphatic heterocycles. The van der Waals surface area contributed by atoms with Gasteiger partial charge in [0.25, 0.3) is 0 Å². The summed E-state index contributed by atoms with van der Waals surface area (Å²) in [5.41, 5.74) is 0.946. The van der Waals surface area contributed by atoms with Crippen LogP contribution >= 0.6 is 11.6 Å². The van der Waals surface area contributed by atoms with Crippen LogP contribution in [0.1, 0.15) is 22.8 Å². The van der Waals surface area contributed by atoms with Crippen LogP contribution in [0.4, 0.5) is 10.1 Å². The number of carboxylic acid groups (broad SMARTS) is 1. The lowest BCUT2D eigenvalue weighted by atomic mass is 10.00. The fourth-order valence-electron chi connectivity index (χ4n) is 2.13. The number of anilines is 1. The molecule has 0 fully saturated rings. The molecule has 120 valence electrons. The van der Waals surface area contributed by atoms with E-state index in [-0.39, 0.29) is 28.0 Å². The molecule has 0 aliphatic carbocycles. The maximum atomic E-state index is 12.9. The van der Waals surface area contributed by atoms with Gasteiger partial charge in [-0.05, 0) is 42.3 Å². The molecule has 0 bridgehead atoms. The SMILES string of the molecule is CC(Cc1ccc(F)cc1)C(=O)Nc1ccc(Cl)cc1C(=O)O. The largest absolute Gasteiger partial charge is 0.478 e. The summed E-state index contributed by atoms with van der Waals surface area (Å²) in [7, 11) is 0. The molecule has 1 unspecified atom stereocenters. The van der Waals surface area contributed by atoms with E-state index in [1.165, 1.54) is 30.3 Å². The number of rotatable bonds is 5. The van der Waals surface area contributed by atoms with Crippen LogP contribution < -0.4 is 5.32 Å². The van der Waals surface area contributed by atoms with Gasteiger partial charge in [-0.2, -0.15) is 0 Å². The molecular formula is C17H15ClFNO3. The Morgan fingerprint density at radius 2 is 1.87 bits per heavy atom. The quantitative estimate of drug-likeness (QED) is 0.868. The molecule has 1 amide bonds. The van der Waals surface area contributed by atoms with Crippen molar-refractivity contribution in [2.24, 2.45) is 5.92 Å². The molecule has 23 heavy (non-hydrogen) atoms. The summed E-state index contributed by atoms with van der Waals surface area (Å²) >= 11 is 5.77. The van der Waals surface area contributed by atoms with E-state index in [1.807, 2.05) is 0 Å². The van der Waals surface area contributed by atoms with Crippen LogP contribution in [0.5, 0.6) is 0 Å². The van der Waals surface area contributed by atoms with Gasteiger partial charge in [0.1, 0.15) is 5.82 Å². The Morgan fingerprint density at radius 1 is 1.22 bits per heavy atom. The molecule has 0 aliphatic rings. The Labute approximate surface area is 137 Å². The molecule has 4 nitrogen and oxygen atoms in total. The first-order valence-electron chi connectivity index (χ1n) is 6.95. The standard InChI is InChI=1S/C17H15ClFNO3/c1-10(8-11-2-5-13(19)6-3-11)16(21)20-15-7-4-12(18)9-14(15)17(22)23/h2-7,9-10H,8H2,1H3,(H,20,21)(H,22,23). The normalized spacial score (nSPS) is 11.8. The van der Waals surface area contributed by atoms with Gasteiger partial charge in [-0.1, -0.05) is 30.7 Å². The molecule has 0 saturated carbocycles. The fourth-order valence-corrected chi connectivity index (χ4v) is 2.30. The Balaban J connectivity index is 2.09. The number of halogens is 2. The van der Waals surface area contributed by atoms with Crippen molar-refractivity contribution in [2.75, 3.05) is 5.32 Å². The summed E-state index contributed by atoms with van der Waals surface area (Å²) in [4.78, 5) is 23.4. The lowest BCUT2D eigenvalue weighted by Crippen LogP contribution is -2.23. The smallest absolute Gasteiger partial charge is 0.337 e. The summed E-state index contributed by atoms with van der Waals surface area (Å²) in [6.07, 6.45) is 0.419. The van der Waals surface area contributed by atoms with E-state index in [4.69, 9.17) is 16.7 Å². The summed E-state index contributed by atoms with van der Waals surface area (Å²) in [6, 6.07) is 10.1. The van der Waals surface area contributed by atoms with Crippen molar-refractivity contribution in [3.63, 3.8) is 0 Å². The third kappa shape index (κ3) is 4.53. The molecule has 2 aromatic carbocycles. The predicted molar refractivity (Wildman–Crippen MR) is 86.3 cm³/mol. The monoisotopic (exact) mass is 335 g/mol. The van der Waals surface area contributed by atoms with Crippen molar-refractivity contribution < 1.29 is 19.1 Å². The Morgan fingerprint density at radius 3 is 2.48 bits per heavy atom. The van der Waals surface area contributed by atoms with Gasteiger partial charge in [0.15, 0.2) is 0 Å². The number of hydrogen-bond donors (Lipinski definition) is 2. The Kier molecular flexibility index (Phi) is 5.34. The number of amides is 1. The highest BCUT2D eigenvalue weighted by Gasteiger charge is 2.17. The highest BCUT2D eigenvalue weighted by atomic mass is 35.5. The van der Waals surface area contributed by atoms with E-state index < -0.39 is 11.9 Å². The van der Waals surface area contributed by atoms with Crippen LogP contribution in [0.15, 0.2) is 42.5 Å². The van der Waals surface area contributed by atoms with Crippen LogP contribution in [-0.4, -0.2) is 17.0 Å². The number of hydrogen-bond acceptors (Lipinski definition) is 2. The van der Waals surface area contributed by atoms with Crippen molar-refractivity contribution in [1.82, 2.24) is 0 Å². The second-order valence-electron chi connectivity index (χ2n) is 5.22. The average molecular weight is 336 g/mol. The molecule has 0 aromatic heterocycles. The minimum absolute atomic E-state index is 0.0696. The van der Waals surface area contributed by atoms with Crippen LogP contribution in [-0.2, 0) is 11.2 Å². The number of benzene rings is 2. The van der Waals surface area contributed by atoms with Crippen molar-refractivity contribution in [3.8, 4) is 0 Å². The van der Waals surface area contributed by atoms with Crippen LogP contribution in [0, 0.1) is 11.7 Å². The minimum Gasteiger partial charge on any atom is -0.478 e. The summed E-state index contributed by atoms with van der Waals surface area (Å²) in [5, 5.41) is 12.0. The molecule has 0 heterocycles. The number of carboxylic acids is 1. The van der Waals surface area contributed by atoms with Gasteiger partial charge in [0.2, 0.25) is 5.91 Å². The summed E-state index contributed by atoms with van der Waals surface area (Å²) < 4.78 is 12.9. The van der Waals surface area contributed by atoms with Gasteiger partial charge in [0, 0.05) is 10.9 Å². The molecule has 1 atom stereocenters. The maximum Gasteiger partial charge on any atom is 0.337 e. The fraction of sp³-hybridized carbons (Fsp3) is 0.176. The highest BCUT2D eigenvalue weighted by molar-refractivity contribution is 6.31. The van der Waals surface area contributed by atoms with Crippen LogP contribution in [0.3, 0.4) is 0 Å². The molecule has 2 rings (SSSR count). The summed E-state index contributed by atoms with van der Waals surface area (Å²) in [5.74, 6) is -2.23. The van der Waals surface area contributed by atoms with E-state index in [0.29, 0.717) is 6.42 Å². The molecule has 0 spiro atoms. The van der Waals surface area contributed by atoms with Gasteiger partial charge in [-0.15, -0.1) is 0 Å². The Bertz CT molecular complexity index is 731. The van der Waals surface area contributed by atoms with Crippen molar-refractivity contribution in [2.45, 2.75) is 13.3 Å². The average Bonchev–Trinajstić information content (AvgIpc) is 2.51. The van der Waals surface area contributed by atoms with E-state index in [0.717, 1.165) is 5.56 Å². The zero-order valence-electron chi connectivity index (χ0n) is 12.3. The lowest BCUT2D eigenvalue weighted by molar-refractivity contribution is -0.119. The van der Waals surface area contributed by atoms with Crippen molar-refractivity contribution in [3.05, 3.63) is 64.4 Å². The zero-order valence-corrected chi connectivity index (χ0v) is 13.1. The van der Waals surface area contributed by atoms with Gasteiger partial charge < -0.3 is 10.4 Å². The van der Waals surface area contributed by atoms with E-state index in [9.17, 15) is 14.0 Å². The van der Waals surface area contributed by atoms with E-state index >= 15 is 0 Å². The second-order valence-corrected chi connectivity index (χ2v) is 5.65. The van der Waals surface area contributed by atoms with E-state index in [2.05, 4.69) is 5.32 Å². The first kappa shape index (κ1) is 17.0. The molecule has 2 aromatic rings. The zero-order chi connectivity index (χ0) is 17.0. The highest BCUT2D eigenvalue weighted by Crippen LogP contribution is 2.22. The number of carbonyl (C=O) groups is 2. The first-order valence-corrected chi connectivity index (χ1v) is 7.33. The molecule has 6 heteroatoms. The van der Waals surface area contributed by atoms with Crippen LogP contribution in [0.25, 0.3) is 0 Å². The maximum absolute atomic E-state index is 12.9. The Hall–Kier alpha value is -2.40. The molecule has 0 saturated heterocycles. The third-order valence-corrected chi connectivity index (χ3v) is 3.61. The molecular weight excluding hydrogens is 321 g/mol. The second kappa shape index (κ2) is 7.24. The lowest BCUT2D eigenvalue weighted by Gasteiger charge is -2.14. The topological polar surface area (TPSA) is 66.4 Å². The number of aromatic carboxylic acids is 1. The van der Waals surface area contributed by atoms with Crippen LogP contribution in [0.2, 0.25) is 5.02 Å². The van der Waals surface area contributed by atoms with Crippen molar-refractivity contribution >= 4 is 29.2 Å². The van der Waals surface area contributed by atoms with Gasteiger partial charge in [-0.25, -0.2) is 9.18 Å².